The van der Waals surface area contributed by atoms with Crippen LogP contribution in [0.4, 0.5) is 0 Å². The van der Waals surface area contributed by atoms with E-state index in [9.17, 15) is 0 Å². The molecular weight excluding hydrogens is 213 g/mol. The molecule has 0 unspecified atom stereocenters. The molecule has 1 aromatic carbocycles. The van der Waals surface area contributed by atoms with Crippen molar-refractivity contribution in [3.63, 3.8) is 0 Å². The molecule has 0 fully saturated rings. The Labute approximate surface area is 80.5 Å². The molecule has 0 saturated carbocycles. The van der Waals surface area contributed by atoms with Crippen LogP contribution in [0.3, 0.4) is 0 Å². The first kappa shape index (κ1) is 9.78. The second-order valence-corrected chi connectivity index (χ2v) is 5.60. The van der Waals surface area contributed by atoms with Crippen molar-refractivity contribution in [3.8, 4) is 0 Å². The van der Waals surface area contributed by atoms with Crippen LogP contribution in [0.5, 0.6) is 0 Å². The summed E-state index contributed by atoms with van der Waals surface area (Å²) in [7, 11) is 0. The molecule has 0 spiro atoms. The topological polar surface area (TPSA) is 26.0 Å². The van der Waals surface area contributed by atoms with Crippen molar-refractivity contribution >= 4 is 19.4 Å². The van der Waals surface area contributed by atoms with Gasteiger partial charge in [0.05, 0.1) is 0 Å². The Hall–Kier alpha value is -0.301. The van der Waals surface area contributed by atoms with Gasteiger partial charge in [-0.05, 0) is 0 Å². The fourth-order valence-electron chi connectivity index (χ4n) is 1.05. The molecule has 1 atom stereocenters. The third-order valence-corrected chi connectivity index (χ3v) is 3.53. The summed E-state index contributed by atoms with van der Waals surface area (Å²) in [4.78, 5) is 0. The van der Waals surface area contributed by atoms with E-state index in [1.54, 1.807) is 0 Å². The van der Waals surface area contributed by atoms with Gasteiger partial charge in [-0.15, -0.1) is 0 Å². The molecule has 0 aliphatic carbocycles. The summed E-state index contributed by atoms with van der Waals surface area (Å²) in [5.74, 6) is 0. The monoisotopic (exact) mass is 229 g/mol. The van der Waals surface area contributed by atoms with Gasteiger partial charge in [0.1, 0.15) is 0 Å². The Morgan fingerprint density at radius 2 is 2.25 bits per heavy atom. The van der Waals surface area contributed by atoms with Crippen LogP contribution in [-0.2, 0) is 0 Å². The summed E-state index contributed by atoms with van der Waals surface area (Å²) in [6.07, 6.45) is 0. The van der Waals surface area contributed by atoms with Gasteiger partial charge in [0.15, 0.2) is 0 Å². The summed E-state index contributed by atoms with van der Waals surface area (Å²) in [6.45, 7) is 4.25. The van der Waals surface area contributed by atoms with E-state index in [0.29, 0.717) is 15.0 Å². The number of hydrogen-bond acceptors (Lipinski definition) is 1. The van der Waals surface area contributed by atoms with Crippen LogP contribution in [0.25, 0.3) is 0 Å². The fourth-order valence-corrected chi connectivity index (χ4v) is 2.58. The van der Waals surface area contributed by atoms with Gasteiger partial charge in [-0.3, -0.25) is 0 Å². The summed E-state index contributed by atoms with van der Waals surface area (Å²) < 4.78 is 1.46. The van der Waals surface area contributed by atoms with Crippen molar-refractivity contribution in [2.45, 2.75) is 25.2 Å². The van der Waals surface area contributed by atoms with Crippen LogP contribution in [0, 0.1) is 0 Å². The molecule has 0 aromatic heterocycles. The Balaban J connectivity index is 2.81. The van der Waals surface area contributed by atoms with Crippen LogP contribution < -0.4 is 10.2 Å². The summed E-state index contributed by atoms with van der Waals surface area (Å²) >= 11 is 0.630. The van der Waals surface area contributed by atoms with E-state index in [0.717, 1.165) is 0 Å². The predicted octanol–water partition coefficient (Wildman–Crippen LogP) is 1.47. The van der Waals surface area contributed by atoms with Crippen LogP contribution in [0.2, 0.25) is 5.32 Å². The number of hydrogen-bond donors (Lipinski definition) is 1. The molecule has 0 saturated heterocycles. The number of nitrogens with two attached hydrogens (primary N) is 1. The first-order valence-corrected chi connectivity index (χ1v) is 6.29. The predicted molar refractivity (Wildman–Crippen MR) is 54.9 cm³/mol. The van der Waals surface area contributed by atoms with Crippen molar-refractivity contribution < 1.29 is 0 Å². The summed E-state index contributed by atoms with van der Waals surface area (Å²) in [5, 5.41) is 1.26. The molecule has 2 N–H and O–H groups in total. The molecule has 66 valence electrons. The van der Waals surface area contributed by atoms with Gasteiger partial charge in [0.25, 0.3) is 0 Å². The first-order valence-electron chi connectivity index (χ1n) is 4.22. The van der Waals surface area contributed by atoms with Gasteiger partial charge in [0, 0.05) is 0 Å². The van der Waals surface area contributed by atoms with E-state index in [1.807, 2.05) is 6.92 Å². The Morgan fingerprint density at radius 3 is 2.83 bits per heavy atom. The minimum atomic E-state index is 0.164. The van der Waals surface area contributed by atoms with E-state index < -0.39 is 0 Å². The quantitative estimate of drug-likeness (QED) is 0.779. The van der Waals surface area contributed by atoms with E-state index in [4.69, 9.17) is 5.73 Å². The summed E-state index contributed by atoms with van der Waals surface area (Å²) in [6, 6.07) is 8.78. The normalized spacial score (nSPS) is 12.9. The van der Waals surface area contributed by atoms with Gasteiger partial charge < -0.3 is 0 Å². The van der Waals surface area contributed by atoms with Crippen LogP contribution >= 0.6 is 0 Å². The van der Waals surface area contributed by atoms with Crippen molar-refractivity contribution in [1.82, 2.24) is 0 Å². The minimum absolute atomic E-state index is 0.164. The zero-order valence-electron chi connectivity index (χ0n) is 7.58. The molecule has 0 radical (unpaired) electrons. The Morgan fingerprint density at radius 1 is 1.50 bits per heavy atom. The molecule has 1 rings (SSSR count). The SMILES string of the molecule is CC[Se]c1cccc([C@@H](C)N)c1. The van der Waals surface area contributed by atoms with Crippen molar-refractivity contribution in [2.75, 3.05) is 0 Å². The Kier molecular flexibility index (Phi) is 3.80. The number of rotatable bonds is 3. The number of benzene rings is 1. The first-order chi connectivity index (χ1) is 5.74. The molecule has 0 heterocycles. The molecular formula is C10H15NSe. The zero-order chi connectivity index (χ0) is 8.97. The molecule has 12 heavy (non-hydrogen) atoms. The van der Waals surface area contributed by atoms with Crippen LogP contribution in [0.15, 0.2) is 24.3 Å². The molecule has 2 heteroatoms. The molecule has 1 nitrogen and oxygen atoms in total. The average molecular weight is 228 g/mol. The van der Waals surface area contributed by atoms with Gasteiger partial charge in [-0.25, -0.2) is 0 Å². The second-order valence-electron chi connectivity index (χ2n) is 2.79. The van der Waals surface area contributed by atoms with E-state index >= 15 is 0 Å². The fraction of sp³-hybridized carbons (Fsp3) is 0.400. The second kappa shape index (κ2) is 4.66. The van der Waals surface area contributed by atoms with Crippen LogP contribution in [0.1, 0.15) is 25.5 Å². The van der Waals surface area contributed by atoms with Crippen molar-refractivity contribution in [3.05, 3.63) is 29.8 Å². The third kappa shape index (κ3) is 2.63. The van der Waals surface area contributed by atoms with Crippen LogP contribution in [-0.4, -0.2) is 15.0 Å². The molecule has 1 aromatic rings. The standard InChI is InChI=1S/C10H15NSe/c1-3-12-10-6-4-5-9(7-10)8(2)11/h4-8H,3,11H2,1-2H3/t8-/m1/s1. The summed E-state index contributed by atoms with van der Waals surface area (Å²) in [5.41, 5.74) is 7.04. The maximum absolute atomic E-state index is 5.79. The zero-order valence-corrected chi connectivity index (χ0v) is 9.29. The Bertz CT molecular complexity index is 245. The van der Waals surface area contributed by atoms with E-state index in [-0.39, 0.29) is 6.04 Å². The molecule has 0 amide bonds. The van der Waals surface area contributed by atoms with E-state index in [2.05, 4.69) is 31.2 Å². The van der Waals surface area contributed by atoms with Gasteiger partial charge >= 0.3 is 80.2 Å². The molecule has 0 aliphatic heterocycles. The van der Waals surface area contributed by atoms with Gasteiger partial charge in [-0.1, -0.05) is 0 Å². The average Bonchev–Trinajstić information content (AvgIpc) is 2.05. The third-order valence-electron chi connectivity index (χ3n) is 1.69. The van der Waals surface area contributed by atoms with Gasteiger partial charge in [-0.2, -0.15) is 0 Å². The van der Waals surface area contributed by atoms with Crippen molar-refractivity contribution in [1.29, 1.82) is 0 Å². The molecule has 0 aliphatic rings. The molecule has 0 bridgehead atoms. The van der Waals surface area contributed by atoms with Crippen molar-refractivity contribution in [2.24, 2.45) is 5.73 Å². The van der Waals surface area contributed by atoms with E-state index in [1.165, 1.54) is 15.3 Å². The van der Waals surface area contributed by atoms with Gasteiger partial charge in [0.2, 0.25) is 0 Å². The maximum atomic E-state index is 5.79.